The van der Waals surface area contributed by atoms with Gasteiger partial charge in [0.25, 0.3) is 5.95 Å². The minimum Gasteiger partial charge on any atom is -0.368 e. The summed E-state index contributed by atoms with van der Waals surface area (Å²) in [5.74, 6) is 1.06. The molecule has 0 aliphatic rings. The van der Waals surface area contributed by atoms with Gasteiger partial charge in [0.2, 0.25) is 11.9 Å². The highest BCUT2D eigenvalue weighted by molar-refractivity contribution is 5.40. The summed E-state index contributed by atoms with van der Waals surface area (Å²) in [6.45, 7) is 3.11. The topological polar surface area (TPSA) is 89.2 Å². The van der Waals surface area contributed by atoms with Crippen LogP contribution in [0.1, 0.15) is 39.0 Å². The molecule has 0 spiro atoms. The molecule has 108 valence electrons. The van der Waals surface area contributed by atoms with Crippen LogP contribution in [0.4, 0.5) is 17.8 Å². The highest BCUT2D eigenvalue weighted by atomic mass is 16.6. The summed E-state index contributed by atoms with van der Waals surface area (Å²) in [6.07, 6.45) is 6.17. The minimum atomic E-state index is 0.183. The summed E-state index contributed by atoms with van der Waals surface area (Å²) >= 11 is 0. The van der Waals surface area contributed by atoms with Gasteiger partial charge >= 0.3 is 0 Å². The molecule has 0 fully saturated rings. The molecule has 0 saturated carbocycles. The maximum atomic E-state index is 5.64. The predicted molar refractivity (Wildman–Crippen MR) is 76.9 cm³/mol. The summed E-state index contributed by atoms with van der Waals surface area (Å²) in [6, 6.07) is 0. The third-order valence-electron chi connectivity index (χ3n) is 2.77. The number of unbranched alkanes of at least 4 members (excludes halogenated alkanes) is 4. The molecule has 1 aromatic heterocycles. The van der Waals surface area contributed by atoms with Crippen molar-refractivity contribution in [2.75, 3.05) is 36.8 Å². The summed E-state index contributed by atoms with van der Waals surface area (Å²) in [7, 11) is 3.45. The first-order valence-electron chi connectivity index (χ1n) is 6.69. The monoisotopic (exact) mass is 268 g/mol. The molecular formula is C12H24N6O. The second-order valence-corrected chi connectivity index (χ2v) is 4.46. The van der Waals surface area contributed by atoms with Gasteiger partial charge in [0, 0.05) is 13.6 Å². The lowest BCUT2D eigenvalue weighted by atomic mass is 10.1. The van der Waals surface area contributed by atoms with Crippen LogP contribution in [0, 0.1) is 0 Å². The Hall–Kier alpha value is -1.63. The summed E-state index contributed by atoms with van der Waals surface area (Å²) in [5.41, 5.74) is 8.20. The normalized spacial score (nSPS) is 10.5. The maximum absolute atomic E-state index is 5.64. The minimum absolute atomic E-state index is 0.183. The Kier molecular flexibility index (Phi) is 6.88. The second kappa shape index (κ2) is 8.47. The Labute approximate surface area is 114 Å². The van der Waals surface area contributed by atoms with Gasteiger partial charge in [-0.25, -0.2) is 5.48 Å². The molecule has 7 heteroatoms. The van der Waals surface area contributed by atoms with Gasteiger partial charge in [-0.15, -0.1) is 0 Å². The van der Waals surface area contributed by atoms with Crippen molar-refractivity contribution in [3.8, 4) is 0 Å². The van der Waals surface area contributed by atoms with E-state index in [-0.39, 0.29) is 5.95 Å². The molecular weight excluding hydrogens is 244 g/mol. The second-order valence-electron chi connectivity index (χ2n) is 4.46. The standard InChI is InChI=1S/C12H24N6O/c1-4-5-6-7-8-9-18(2)12-15-10(13)14-11(16-12)17-19-3/h4-9H2,1-3H3,(H3,13,14,15,16,17). The zero-order valence-electron chi connectivity index (χ0n) is 12.0. The third-order valence-corrected chi connectivity index (χ3v) is 2.77. The Bertz CT molecular complexity index is 373. The number of hydrogen-bond donors (Lipinski definition) is 2. The average Bonchev–Trinajstić information content (AvgIpc) is 2.38. The van der Waals surface area contributed by atoms with Gasteiger partial charge in [-0.2, -0.15) is 15.0 Å². The van der Waals surface area contributed by atoms with E-state index in [1.54, 1.807) is 0 Å². The molecule has 0 amide bonds. The molecule has 1 aromatic rings. The van der Waals surface area contributed by atoms with Gasteiger partial charge in [-0.3, -0.25) is 4.84 Å². The zero-order valence-corrected chi connectivity index (χ0v) is 12.0. The number of nitrogen functional groups attached to an aromatic ring is 1. The molecule has 3 N–H and O–H groups in total. The van der Waals surface area contributed by atoms with Gasteiger partial charge in [0.15, 0.2) is 0 Å². The number of nitrogens with one attached hydrogen (secondary N) is 1. The van der Waals surface area contributed by atoms with Gasteiger partial charge in [-0.05, 0) is 6.42 Å². The highest BCUT2D eigenvalue weighted by Crippen LogP contribution is 2.12. The Morgan fingerprint density at radius 2 is 1.89 bits per heavy atom. The molecule has 0 aromatic carbocycles. The van der Waals surface area contributed by atoms with Crippen LogP contribution >= 0.6 is 0 Å². The smallest absolute Gasteiger partial charge is 0.253 e. The largest absolute Gasteiger partial charge is 0.368 e. The van der Waals surface area contributed by atoms with Crippen molar-refractivity contribution < 1.29 is 4.84 Å². The quantitative estimate of drug-likeness (QED) is 0.521. The van der Waals surface area contributed by atoms with E-state index in [0.717, 1.165) is 13.0 Å². The van der Waals surface area contributed by atoms with Crippen molar-refractivity contribution in [2.45, 2.75) is 39.0 Å². The first kappa shape index (κ1) is 15.4. The van der Waals surface area contributed by atoms with Crippen LogP contribution in [0.25, 0.3) is 0 Å². The van der Waals surface area contributed by atoms with Crippen LogP contribution in [-0.2, 0) is 4.84 Å². The first-order valence-corrected chi connectivity index (χ1v) is 6.69. The summed E-state index contributed by atoms with van der Waals surface area (Å²) in [4.78, 5) is 19.0. The molecule has 0 saturated heterocycles. The van der Waals surface area contributed by atoms with E-state index in [2.05, 4.69) is 27.4 Å². The zero-order chi connectivity index (χ0) is 14.1. The average molecular weight is 268 g/mol. The third kappa shape index (κ3) is 5.69. The molecule has 0 aliphatic carbocycles. The molecule has 1 heterocycles. The molecule has 0 aliphatic heterocycles. The van der Waals surface area contributed by atoms with E-state index in [4.69, 9.17) is 10.6 Å². The molecule has 7 nitrogen and oxygen atoms in total. The molecule has 1 rings (SSSR count). The predicted octanol–water partition coefficient (Wildman–Crippen LogP) is 1.83. The van der Waals surface area contributed by atoms with Crippen molar-refractivity contribution in [3.05, 3.63) is 0 Å². The fraction of sp³-hybridized carbons (Fsp3) is 0.750. The summed E-state index contributed by atoms with van der Waals surface area (Å²) in [5, 5.41) is 0. The number of nitrogens with zero attached hydrogens (tertiary/aromatic N) is 4. The lowest BCUT2D eigenvalue weighted by Crippen LogP contribution is -2.22. The fourth-order valence-corrected chi connectivity index (χ4v) is 1.74. The number of anilines is 3. The SMILES string of the molecule is CCCCCCCN(C)c1nc(N)nc(NOC)n1. The van der Waals surface area contributed by atoms with Crippen LogP contribution < -0.4 is 16.1 Å². The number of rotatable bonds is 9. The van der Waals surface area contributed by atoms with Gasteiger partial charge in [0.05, 0.1) is 7.11 Å². The molecule has 0 atom stereocenters. The molecule has 19 heavy (non-hydrogen) atoms. The summed E-state index contributed by atoms with van der Waals surface area (Å²) < 4.78 is 0. The van der Waals surface area contributed by atoms with Crippen molar-refractivity contribution in [3.63, 3.8) is 0 Å². The van der Waals surface area contributed by atoms with Crippen LogP contribution in [-0.4, -0.2) is 35.7 Å². The van der Waals surface area contributed by atoms with Crippen LogP contribution in [0.15, 0.2) is 0 Å². The molecule has 0 radical (unpaired) electrons. The van der Waals surface area contributed by atoms with E-state index < -0.39 is 0 Å². The van der Waals surface area contributed by atoms with E-state index >= 15 is 0 Å². The molecule has 0 unspecified atom stereocenters. The van der Waals surface area contributed by atoms with E-state index in [0.29, 0.717) is 11.9 Å². The van der Waals surface area contributed by atoms with Crippen molar-refractivity contribution in [1.29, 1.82) is 0 Å². The van der Waals surface area contributed by atoms with Crippen molar-refractivity contribution in [1.82, 2.24) is 15.0 Å². The Balaban J connectivity index is 2.48. The van der Waals surface area contributed by atoms with Gasteiger partial charge in [0.1, 0.15) is 0 Å². The van der Waals surface area contributed by atoms with Crippen LogP contribution in [0.3, 0.4) is 0 Å². The lowest BCUT2D eigenvalue weighted by Gasteiger charge is -2.17. The number of aromatic nitrogens is 3. The Morgan fingerprint density at radius 1 is 1.16 bits per heavy atom. The van der Waals surface area contributed by atoms with E-state index in [1.165, 1.54) is 32.8 Å². The fourth-order valence-electron chi connectivity index (χ4n) is 1.74. The number of hydrogen-bond acceptors (Lipinski definition) is 7. The van der Waals surface area contributed by atoms with Gasteiger partial charge in [-0.1, -0.05) is 32.6 Å². The van der Waals surface area contributed by atoms with Crippen molar-refractivity contribution in [2.24, 2.45) is 0 Å². The Morgan fingerprint density at radius 3 is 2.58 bits per heavy atom. The first-order chi connectivity index (χ1) is 9.17. The lowest BCUT2D eigenvalue weighted by molar-refractivity contribution is 0.267. The van der Waals surface area contributed by atoms with E-state index in [1.807, 2.05) is 11.9 Å². The van der Waals surface area contributed by atoms with E-state index in [9.17, 15) is 0 Å². The maximum Gasteiger partial charge on any atom is 0.253 e. The van der Waals surface area contributed by atoms with Crippen LogP contribution in [0.2, 0.25) is 0 Å². The number of nitrogens with two attached hydrogens (primary N) is 1. The van der Waals surface area contributed by atoms with Crippen molar-refractivity contribution >= 4 is 17.8 Å². The van der Waals surface area contributed by atoms with Crippen LogP contribution in [0.5, 0.6) is 0 Å². The van der Waals surface area contributed by atoms with Gasteiger partial charge < -0.3 is 10.6 Å². The highest BCUT2D eigenvalue weighted by Gasteiger charge is 2.08. The molecule has 0 bridgehead atoms.